The van der Waals surface area contributed by atoms with Crippen LogP contribution in [0.25, 0.3) is 0 Å². The van der Waals surface area contributed by atoms with E-state index >= 15 is 0 Å². The number of rotatable bonds is 5. The summed E-state index contributed by atoms with van der Waals surface area (Å²) in [6, 6.07) is 4.96. The lowest BCUT2D eigenvalue weighted by Crippen LogP contribution is -2.13. The van der Waals surface area contributed by atoms with Gasteiger partial charge in [-0.15, -0.1) is 0 Å². The van der Waals surface area contributed by atoms with Crippen LogP contribution < -0.4 is 5.48 Å². The molecule has 0 fully saturated rings. The monoisotopic (exact) mass is 274 g/mol. The molecule has 15 heavy (non-hydrogen) atoms. The summed E-state index contributed by atoms with van der Waals surface area (Å²) in [5.41, 5.74) is 3.56. The average molecular weight is 275 g/mol. The fourth-order valence-corrected chi connectivity index (χ4v) is 1.44. The molecule has 6 heteroatoms. The molecule has 0 unspecified atom stereocenters. The summed E-state index contributed by atoms with van der Waals surface area (Å²) in [4.78, 5) is 15.1. The minimum Gasteiger partial charge on any atom is -0.302 e. The molecule has 0 aliphatic rings. The first-order chi connectivity index (χ1) is 7.15. The average Bonchev–Trinajstić information content (AvgIpc) is 2.20. The van der Waals surface area contributed by atoms with Gasteiger partial charge in [0.2, 0.25) is 0 Å². The molecule has 0 radical (unpaired) electrons. The summed E-state index contributed by atoms with van der Waals surface area (Å²) >= 11 is 3.12. The van der Waals surface area contributed by atoms with E-state index in [-0.39, 0.29) is 5.69 Å². The Labute approximate surface area is 95.7 Å². The highest BCUT2D eigenvalue weighted by molar-refractivity contribution is 9.10. The van der Waals surface area contributed by atoms with Crippen LogP contribution in [0, 0.1) is 10.1 Å². The molecule has 1 N–H and O–H groups in total. The summed E-state index contributed by atoms with van der Waals surface area (Å²) in [6.07, 6.45) is 0. The first kappa shape index (κ1) is 12.1. The summed E-state index contributed by atoms with van der Waals surface area (Å²) < 4.78 is 0.479. The number of benzene rings is 1. The van der Waals surface area contributed by atoms with Crippen LogP contribution in [0.15, 0.2) is 22.7 Å². The van der Waals surface area contributed by atoms with Crippen molar-refractivity contribution < 1.29 is 9.76 Å². The predicted molar refractivity (Wildman–Crippen MR) is 59.3 cm³/mol. The minimum atomic E-state index is -0.422. The highest BCUT2D eigenvalue weighted by Gasteiger charge is 2.11. The quantitative estimate of drug-likeness (QED) is 0.509. The van der Waals surface area contributed by atoms with Crippen molar-refractivity contribution in [1.29, 1.82) is 0 Å². The number of halogens is 1. The Morgan fingerprint density at radius 2 is 2.33 bits per heavy atom. The van der Waals surface area contributed by atoms with E-state index in [0.29, 0.717) is 17.6 Å². The molecule has 0 bridgehead atoms. The molecule has 0 aromatic heterocycles. The van der Waals surface area contributed by atoms with Crippen molar-refractivity contribution in [3.05, 3.63) is 38.3 Å². The molecule has 0 aliphatic carbocycles. The van der Waals surface area contributed by atoms with Crippen LogP contribution >= 0.6 is 15.9 Å². The first-order valence-corrected chi connectivity index (χ1v) is 5.22. The van der Waals surface area contributed by atoms with Gasteiger partial charge in [-0.3, -0.25) is 10.1 Å². The molecule has 0 atom stereocenters. The fourth-order valence-electron chi connectivity index (χ4n) is 1.04. The maximum Gasteiger partial charge on any atom is 0.283 e. The van der Waals surface area contributed by atoms with E-state index in [2.05, 4.69) is 21.4 Å². The number of nitrogens with one attached hydrogen (secondary N) is 1. The number of nitro benzene ring substituents is 1. The largest absolute Gasteiger partial charge is 0.302 e. The number of nitro groups is 1. The van der Waals surface area contributed by atoms with Gasteiger partial charge < -0.3 is 4.84 Å². The smallest absolute Gasteiger partial charge is 0.283 e. The van der Waals surface area contributed by atoms with Crippen LogP contribution in [0.1, 0.15) is 12.5 Å². The third-order valence-electron chi connectivity index (χ3n) is 1.73. The van der Waals surface area contributed by atoms with E-state index < -0.39 is 4.92 Å². The standard InChI is InChI=1S/C9H11BrN2O3/c1-2-15-11-6-7-3-4-8(10)9(5-7)12(13)14/h3-5,11H,2,6H2,1H3. The highest BCUT2D eigenvalue weighted by Crippen LogP contribution is 2.25. The second-order valence-corrected chi connectivity index (χ2v) is 3.65. The van der Waals surface area contributed by atoms with E-state index in [0.717, 1.165) is 5.56 Å². The van der Waals surface area contributed by atoms with Gasteiger partial charge in [-0.25, -0.2) is 0 Å². The van der Waals surface area contributed by atoms with Crippen molar-refractivity contribution >= 4 is 21.6 Å². The van der Waals surface area contributed by atoms with E-state index in [1.165, 1.54) is 6.07 Å². The summed E-state index contributed by atoms with van der Waals surface area (Å²) in [5.74, 6) is 0. The van der Waals surface area contributed by atoms with Gasteiger partial charge in [-0.2, -0.15) is 5.48 Å². The molecular weight excluding hydrogens is 264 g/mol. The van der Waals surface area contributed by atoms with Crippen molar-refractivity contribution in [1.82, 2.24) is 5.48 Å². The van der Waals surface area contributed by atoms with Gasteiger partial charge in [-0.1, -0.05) is 6.07 Å². The molecule has 0 saturated heterocycles. The molecule has 1 rings (SSSR count). The lowest BCUT2D eigenvalue weighted by Gasteiger charge is -2.04. The van der Waals surface area contributed by atoms with Crippen molar-refractivity contribution in [3.63, 3.8) is 0 Å². The Kier molecular flexibility index (Phi) is 4.67. The fraction of sp³-hybridized carbons (Fsp3) is 0.333. The van der Waals surface area contributed by atoms with Crippen molar-refractivity contribution in [3.8, 4) is 0 Å². The van der Waals surface area contributed by atoms with Gasteiger partial charge in [0.15, 0.2) is 0 Å². The normalized spacial score (nSPS) is 10.3. The number of nitrogens with zero attached hydrogens (tertiary/aromatic N) is 1. The Hall–Kier alpha value is -0.980. The van der Waals surface area contributed by atoms with E-state index in [4.69, 9.17) is 4.84 Å². The van der Waals surface area contributed by atoms with Crippen LogP contribution in [0.3, 0.4) is 0 Å². The number of hydroxylamine groups is 1. The topological polar surface area (TPSA) is 64.4 Å². The predicted octanol–water partition coefficient (Wildman–Crippen LogP) is 2.40. The van der Waals surface area contributed by atoms with Gasteiger partial charge >= 0.3 is 0 Å². The minimum absolute atomic E-state index is 0.0609. The molecule has 0 saturated carbocycles. The Bertz CT molecular complexity index is 357. The van der Waals surface area contributed by atoms with Crippen LogP contribution in [0.2, 0.25) is 0 Å². The van der Waals surface area contributed by atoms with Crippen molar-refractivity contribution in [2.45, 2.75) is 13.5 Å². The zero-order valence-electron chi connectivity index (χ0n) is 8.20. The van der Waals surface area contributed by atoms with Crippen LogP contribution in [-0.4, -0.2) is 11.5 Å². The Morgan fingerprint density at radius 3 is 2.93 bits per heavy atom. The van der Waals surface area contributed by atoms with Crippen molar-refractivity contribution in [2.75, 3.05) is 6.61 Å². The number of hydrogen-bond acceptors (Lipinski definition) is 4. The van der Waals surface area contributed by atoms with Gasteiger partial charge in [-0.05, 0) is 34.5 Å². The second kappa shape index (κ2) is 5.79. The molecule has 0 aliphatic heterocycles. The lowest BCUT2D eigenvalue weighted by molar-refractivity contribution is -0.385. The Balaban J connectivity index is 2.74. The summed E-state index contributed by atoms with van der Waals surface area (Å²) in [6.45, 7) is 2.86. The van der Waals surface area contributed by atoms with E-state index in [9.17, 15) is 10.1 Å². The van der Waals surface area contributed by atoms with Crippen molar-refractivity contribution in [2.24, 2.45) is 0 Å². The molecular formula is C9H11BrN2O3. The third-order valence-corrected chi connectivity index (χ3v) is 2.40. The zero-order chi connectivity index (χ0) is 11.3. The molecule has 82 valence electrons. The van der Waals surface area contributed by atoms with Gasteiger partial charge in [0, 0.05) is 12.6 Å². The maximum atomic E-state index is 10.6. The Morgan fingerprint density at radius 1 is 1.60 bits per heavy atom. The summed E-state index contributed by atoms with van der Waals surface area (Å²) in [5, 5.41) is 10.6. The SMILES string of the molecule is CCONCc1ccc(Br)c([N+](=O)[O-])c1. The lowest BCUT2D eigenvalue weighted by atomic mass is 10.2. The van der Waals surface area contributed by atoms with E-state index in [1.54, 1.807) is 12.1 Å². The maximum absolute atomic E-state index is 10.6. The molecule has 1 aromatic carbocycles. The van der Waals surface area contributed by atoms with Crippen LogP contribution in [0.4, 0.5) is 5.69 Å². The number of hydrogen-bond donors (Lipinski definition) is 1. The molecule has 1 aromatic rings. The van der Waals surface area contributed by atoms with Gasteiger partial charge in [0.05, 0.1) is 16.0 Å². The molecule has 0 heterocycles. The summed E-state index contributed by atoms with van der Waals surface area (Å²) in [7, 11) is 0. The highest BCUT2D eigenvalue weighted by atomic mass is 79.9. The van der Waals surface area contributed by atoms with Crippen LogP contribution in [0.5, 0.6) is 0 Å². The molecule has 5 nitrogen and oxygen atoms in total. The molecule has 0 spiro atoms. The molecule has 0 amide bonds. The second-order valence-electron chi connectivity index (χ2n) is 2.80. The first-order valence-electron chi connectivity index (χ1n) is 4.42. The van der Waals surface area contributed by atoms with E-state index in [1.807, 2.05) is 6.92 Å². The third kappa shape index (κ3) is 3.58. The van der Waals surface area contributed by atoms with Gasteiger partial charge in [0.25, 0.3) is 5.69 Å². The van der Waals surface area contributed by atoms with Crippen LogP contribution in [-0.2, 0) is 11.4 Å². The zero-order valence-corrected chi connectivity index (χ0v) is 9.78. The van der Waals surface area contributed by atoms with Gasteiger partial charge in [0.1, 0.15) is 0 Å².